The van der Waals surface area contributed by atoms with Crippen molar-refractivity contribution in [2.45, 2.75) is 18.5 Å². The Morgan fingerprint density at radius 3 is 2.42 bits per heavy atom. The van der Waals surface area contributed by atoms with Crippen LogP contribution in [-0.4, -0.2) is 73.0 Å². The molecule has 2 aromatic rings. The minimum atomic E-state index is -0.590. The van der Waals surface area contributed by atoms with Crippen molar-refractivity contribution in [1.82, 2.24) is 25.8 Å². The van der Waals surface area contributed by atoms with E-state index in [1.54, 1.807) is 4.90 Å². The highest BCUT2D eigenvalue weighted by Gasteiger charge is 2.42. The number of hydrogen-bond acceptors (Lipinski definition) is 4. The third-order valence-corrected chi connectivity index (χ3v) is 7.68. The largest absolute Gasteiger partial charge is 0.347 e. The van der Waals surface area contributed by atoms with Gasteiger partial charge < -0.3 is 25.8 Å². The third-order valence-electron chi connectivity index (χ3n) is 7.37. The molecule has 3 fully saturated rings. The van der Waals surface area contributed by atoms with Gasteiger partial charge in [0.15, 0.2) is 0 Å². The first-order chi connectivity index (χ1) is 17.4. The van der Waals surface area contributed by atoms with Gasteiger partial charge in [-0.3, -0.25) is 9.59 Å². The quantitative estimate of drug-likeness (QED) is 0.530. The molecule has 3 unspecified atom stereocenters. The van der Waals surface area contributed by atoms with Crippen molar-refractivity contribution >= 4 is 29.4 Å². The molecule has 2 aromatic carbocycles. The van der Waals surface area contributed by atoms with E-state index in [9.17, 15) is 18.8 Å². The number of benzene rings is 2. The monoisotopic (exact) mass is 513 g/mol. The summed E-state index contributed by atoms with van der Waals surface area (Å²) in [5.74, 6) is -0.498. The normalized spacial score (nSPS) is 24.2. The van der Waals surface area contributed by atoms with Gasteiger partial charge in [-0.1, -0.05) is 48.0 Å². The maximum atomic E-state index is 14.2. The molecule has 5 rings (SSSR count). The van der Waals surface area contributed by atoms with Gasteiger partial charge in [0.1, 0.15) is 11.9 Å². The molecule has 3 aliphatic rings. The number of fused-ring (bicyclic) bond motifs is 1. The SMILES string of the molecule is O=C1NCC(C(=O)NC(CCN2CC3CN(C(=O)c4c(F)cccc4Cl)C[C@@H]3C2)c2ccccc2)N1. The zero-order valence-electron chi connectivity index (χ0n) is 19.8. The van der Waals surface area contributed by atoms with Crippen molar-refractivity contribution in [3.63, 3.8) is 0 Å². The highest BCUT2D eigenvalue weighted by atomic mass is 35.5. The molecule has 3 heterocycles. The molecule has 0 bridgehead atoms. The summed E-state index contributed by atoms with van der Waals surface area (Å²) >= 11 is 6.10. The van der Waals surface area contributed by atoms with Crippen LogP contribution in [-0.2, 0) is 4.79 Å². The molecule has 4 amide bonds. The maximum Gasteiger partial charge on any atom is 0.315 e. The number of hydrogen-bond donors (Lipinski definition) is 3. The third kappa shape index (κ3) is 5.17. The Bertz CT molecular complexity index is 1120. The summed E-state index contributed by atoms with van der Waals surface area (Å²) in [6, 6.07) is 13.0. The fraction of sp³-hybridized carbons (Fsp3) is 0.423. The molecule has 36 heavy (non-hydrogen) atoms. The van der Waals surface area contributed by atoms with Crippen molar-refractivity contribution in [2.24, 2.45) is 11.8 Å². The van der Waals surface area contributed by atoms with Crippen LogP contribution < -0.4 is 16.0 Å². The lowest BCUT2D eigenvalue weighted by Gasteiger charge is -2.25. The van der Waals surface area contributed by atoms with Crippen molar-refractivity contribution in [2.75, 3.05) is 39.3 Å². The number of carbonyl (C=O) groups excluding carboxylic acids is 3. The number of carbonyl (C=O) groups is 3. The lowest BCUT2D eigenvalue weighted by Crippen LogP contribution is -2.44. The fourth-order valence-corrected chi connectivity index (χ4v) is 5.75. The van der Waals surface area contributed by atoms with Gasteiger partial charge in [0.05, 0.1) is 16.6 Å². The molecule has 3 N–H and O–H groups in total. The van der Waals surface area contributed by atoms with Crippen LogP contribution in [0.25, 0.3) is 0 Å². The molecule has 190 valence electrons. The second kappa shape index (κ2) is 10.4. The first-order valence-electron chi connectivity index (χ1n) is 12.2. The Morgan fingerprint density at radius 2 is 1.78 bits per heavy atom. The van der Waals surface area contributed by atoms with E-state index in [1.165, 1.54) is 18.2 Å². The molecule has 8 nitrogen and oxygen atoms in total. The number of nitrogens with one attached hydrogen (secondary N) is 3. The number of rotatable bonds is 7. The smallest absolute Gasteiger partial charge is 0.315 e. The summed E-state index contributed by atoms with van der Waals surface area (Å²) in [4.78, 5) is 41.2. The highest BCUT2D eigenvalue weighted by molar-refractivity contribution is 6.33. The Kier molecular flexibility index (Phi) is 7.11. The predicted molar refractivity (Wildman–Crippen MR) is 133 cm³/mol. The predicted octanol–water partition coefficient (Wildman–Crippen LogP) is 2.41. The molecular formula is C26H29ClFN5O3. The summed E-state index contributed by atoms with van der Waals surface area (Å²) in [5, 5.41) is 8.48. The molecule has 0 saturated carbocycles. The van der Waals surface area contributed by atoms with E-state index in [2.05, 4.69) is 20.9 Å². The summed E-state index contributed by atoms with van der Waals surface area (Å²) in [5.41, 5.74) is 0.965. The minimum Gasteiger partial charge on any atom is -0.347 e. The standard InChI is InChI=1S/C26H29ClFN5O3/c27-19-7-4-8-20(28)23(19)25(35)33-14-17-12-32(13-18(17)15-33)10-9-21(16-5-2-1-3-6-16)30-24(34)22-11-29-26(36)31-22/h1-8,17-18,21-22H,9-15H2,(H,30,34)(H2,29,31,36)/t17-,18?,21?,22?/m0/s1. The summed E-state index contributed by atoms with van der Waals surface area (Å²) in [6.07, 6.45) is 0.719. The van der Waals surface area contributed by atoms with Crippen molar-refractivity contribution in [1.29, 1.82) is 0 Å². The van der Waals surface area contributed by atoms with Gasteiger partial charge in [-0.05, 0) is 36.0 Å². The first-order valence-corrected chi connectivity index (χ1v) is 12.6. The molecule has 0 aromatic heterocycles. The van der Waals surface area contributed by atoms with Crippen LogP contribution >= 0.6 is 11.6 Å². The van der Waals surface area contributed by atoms with Gasteiger partial charge in [0, 0.05) is 39.3 Å². The van der Waals surface area contributed by atoms with Gasteiger partial charge >= 0.3 is 6.03 Å². The summed E-state index contributed by atoms with van der Waals surface area (Å²) in [7, 11) is 0. The number of likely N-dealkylation sites (tertiary alicyclic amines) is 2. The van der Waals surface area contributed by atoms with Crippen molar-refractivity contribution < 1.29 is 18.8 Å². The molecule has 10 heteroatoms. The van der Waals surface area contributed by atoms with Crippen LogP contribution in [0.3, 0.4) is 0 Å². The van der Waals surface area contributed by atoms with Gasteiger partial charge in [-0.15, -0.1) is 0 Å². The van der Waals surface area contributed by atoms with Crippen molar-refractivity contribution in [3.05, 3.63) is 70.5 Å². The number of halogens is 2. The first kappa shape index (κ1) is 24.5. The molecule has 0 aliphatic carbocycles. The Balaban J connectivity index is 1.17. The van der Waals surface area contributed by atoms with E-state index >= 15 is 0 Å². The van der Waals surface area contributed by atoms with E-state index < -0.39 is 11.9 Å². The van der Waals surface area contributed by atoms with Gasteiger partial charge in [-0.2, -0.15) is 0 Å². The lowest BCUT2D eigenvalue weighted by molar-refractivity contribution is -0.123. The lowest BCUT2D eigenvalue weighted by atomic mass is 10.0. The molecule has 3 saturated heterocycles. The number of urea groups is 1. The molecular weight excluding hydrogens is 485 g/mol. The van der Waals surface area contributed by atoms with Crippen LogP contribution in [0.4, 0.5) is 9.18 Å². The topological polar surface area (TPSA) is 93.8 Å². The van der Waals surface area contributed by atoms with Gasteiger partial charge in [0.2, 0.25) is 5.91 Å². The summed E-state index contributed by atoms with van der Waals surface area (Å²) < 4.78 is 14.2. The zero-order valence-corrected chi connectivity index (χ0v) is 20.5. The van der Waals surface area contributed by atoms with E-state index in [1.807, 2.05) is 30.3 Å². The van der Waals surface area contributed by atoms with E-state index in [0.29, 0.717) is 24.9 Å². The second-order valence-corrected chi connectivity index (χ2v) is 10.2. The summed E-state index contributed by atoms with van der Waals surface area (Å²) in [6.45, 7) is 3.91. The zero-order chi connectivity index (χ0) is 25.2. The minimum absolute atomic E-state index is 0.0499. The fourth-order valence-electron chi connectivity index (χ4n) is 5.50. The van der Waals surface area contributed by atoms with Crippen LogP contribution in [0.15, 0.2) is 48.5 Å². The van der Waals surface area contributed by atoms with E-state index in [4.69, 9.17) is 11.6 Å². The number of amides is 4. The van der Waals surface area contributed by atoms with Gasteiger partial charge in [0.25, 0.3) is 5.91 Å². The Labute approximate surface area is 214 Å². The van der Waals surface area contributed by atoms with E-state index in [-0.39, 0.29) is 41.0 Å². The Morgan fingerprint density at radius 1 is 1.06 bits per heavy atom. The second-order valence-electron chi connectivity index (χ2n) is 9.75. The van der Waals surface area contributed by atoms with Crippen LogP contribution in [0.2, 0.25) is 5.02 Å². The molecule has 0 spiro atoms. The van der Waals surface area contributed by atoms with Crippen LogP contribution in [0, 0.1) is 17.7 Å². The molecule has 0 radical (unpaired) electrons. The van der Waals surface area contributed by atoms with Crippen LogP contribution in [0.5, 0.6) is 0 Å². The van der Waals surface area contributed by atoms with E-state index in [0.717, 1.165) is 31.6 Å². The average Bonchev–Trinajstić information content (AvgIpc) is 3.57. The highest BCUT2D eigenvalue weighted by Crippen LogP contribution is 2.33. The van der Waals surface area contributed by atoms with Gasteiger partial charge in [-0.25, -0.2) is 9.18 Å². The molecule has 4 atom stereocenters. The number of nitrogens with zero attached hydrogens (tertiary/aromatic N) is 2. The average molecular weight is 514 g/mol. The Hall–Kier alpha value is -3.17. The van der Waals surface area contributed by atoms with Crippen molar-refractivity contribution in [3.8, 4) is 0 Å². The van der Waals surface area contributed by atoms with Crippen LogP contribution in [0.1, 0.15) is 28.4 Å². The maximum absolute atomic E-state index is 14.2. The molecule has 3 aliphatic heterocycles.